The second-order valence-corrected chi connectivity index (χ2v) is 16.8. The van der Waals surface area contributed by atoms with E-state index in [1.807, 2.05) is 26.0 Å². The minimum absolute atomic E-state index is 0.109. The number of hydrogen-bond donors (Lipinski definition) is 2. The lowest BCUT2D eigenvalue weighted by Gasteiger charge is -2.37. The van der Waals surface area contributed by atoms with E-state index in [1.54, 1.807) is 77.1 Å². The molecule has 11 nitrogen and oxygen atoms in total. The molecule has 0 aliphatic carbocycles. The molecule has 0 bridgehead atoms. The molecule has 250 valence electrons. The molecule has 2 atom stereocenters. The van der Waals surface area contributed by atoms with Crippen molar-refractivity contribution in [3.8, 4) is 10.6 Å². The fraction of sp³-hybridized carbons (Fsp3) is 0.382. The number of aliphatic carboxylic acids is 1. The van der Waals surface area contributed by atoms with Gasteiger partial charge >= 0.3 is 12.1 Å². The van der Waals surface area contributed by atoms with Gasteiger partial charge in [0, 0.05) is 23.1 Å². The molecule has 13 heteroatoms. The fourth-order valence-corrected chi connectivity index (χ4v) is 7.48. The number of nitrogens with zero attached hydrogens (tertiary/aromatic N) is 4. The number of anilines is 1. The Morgan fingerprint density at radius 1 is 0.957 bits per heavy atom. The number of carboxylic acid groups (broad SMARTS) is 1. The van der Waals surface area contributed by atoms with Crippen LogP contribution < -0.4 is 10.6 Å². The summed E-state index contributed by atoms with van der Waals surface area (Å²) >= 11 is 1.57. The van der Waals surface area contributed by atoms with E-state index in [0.29, 0.717) is 5.56 Å². The van der Waals surface area contributed by atoms with E-state index < -0.39 is 43.8 Å². The van der Waals surface area contributed by atoms with Gasteiger partial charge < -0.3 is 15.6 Å². The first kappa shape index (κ1) is 35.7. The van der Waals surface area contributed by atoms with Gasteiger partial charge in [-0.15, -0.1) is 11.3 Å². The maximum atomic E-state index is 14.4. The van der Waals surface area contributed by atoms with Gasteiger partial charge in [0.05, 0.1) is 11.4 Å². The van der Waals surface area contributed by atoms with Crippen LogP contribution in [0.3, 0.4) is 0 Å². The first-order valence-corrected chi connectivity index (χ1v) is 17.2. The molecule has 0 spiro atoms. The number of rotatable bonds is 9. The molecular formula is C34H41N5O6S2. The number of hydrogen-bond acceptors (Lipinski definition) is 10. The van der Waals surface area contributed by atoms with Crippen molar-refractivity contribution in [2.24, 2.45) is 11.1 Å². The van der Waals surface area contributed by atoms with E-state index in [2.05, 4.69) is 15.0 Å². The zero-order valence-electron chi connectivity index (χ0n) is 27.8. The number of carbonyl (C=O) groups is 2. The van der Waals surface area contributed by atoms with Gasteiger partial charge in [0.1, 0.15) is 22.5 Å². The molecule has 0 radical (unpaired) electrons. The van der Waals surface area contributed by atoms with E-state index in [0.717, 1.165) is 26.0 Å². The van der Waals surface area contributed by atoms with Crippen molar-refractivity contribution in [1.29, 1.82) is 0 Å². The number of amides is 1. The molecule has 3 aromatic heterocycles. The van der Waals surface area contributed by atoms with Crippen molar-refractivity contribution in [2.75, 3.05) is 4.90 Å². The average Bonchev–Trinajstić information content (AvgIpc) is 3.32. The SMILES string of the molecule is Cc1nc(-c2ccc(CC(N)(c3cccc(N(C(=O)OC(C)(C)C)C(C(=O)O)C(C)(C)C)n3)S(=O)(=O)c3ccccn3)cc2)sc1C. The van der Waals surface area contributed by atoms with Crippen LogP contribution in [0.15, 0.2) is 71.9 Å². The van der Waals surface area contributed by atoms with Crippen LogP contribution in [-0.4, -0.2) is 52.2 Å². The standard InChI is InChI=1S/C34H41N5O6S2/c1-21-22(2)46-29(37-21)24-17-15-23(16-18-24)20-34(35,47(43,44)27-14-9-10-19-36-27)25-12-11-13-26(38-25)39(31(42)45-33(6,7)8)28(30(40)41)32(3,4)5/h9-19,28H,20,35H2,1-8H3,(H,40,41). The molecule has 0 saturated carbocycles. The summed E-state index contributed by atoms with van der Waals surface area (Å²) in [5.41, 5.74) is 7.32. The molecule has 0 saturated heterocycles. The molecule has 0 aliphatic rings. The van der Waals surface area contributed by atoms with E-state index in [-0.39, 0.29) is 23.0 Å². The molecule has 4 aromatic rings. The van der Waals surface area contributed by atoms with Gasteiger partial charge in [-0.1, -0.05) is 57.2 Å². The van der Waals surface area contributed by atoms with Crippen molar-refractivity contribution < 1.29 is 27.9 Å². The van der Waals surface area contributed by atoms with Gasteiger partial charge in [-0.3, -0.25) is 0 Å². The van der Waals surface area contributed by atoms with Crippen molar-refractivity contribution >= 4 is 39.1 Å². The second kappa shape index (κ2) is 13.1. The second-order valence-electron chi connectivity index (χ2n) is 13.4. The van der Waals surface area contributed by atoms with Crippen LogP contribution in [-0.2, 0) is 30.7 Å². The highest BCUT2D eigenvalue weighted by Crippen LogP contribution is 2.36. The van der Waals surface area contributed by atoms with E-state index >= 15 is 0 Å². The Morgan fingerprint density at radius 3 is 2.13 bits per heavy atom. The Bertz CT molecular complexity index is 1840. The average molecular weight is 680 g/mol. The summed E-state index contributed by atoms with van der Waals surface area (Å²) in [4.78, 5) is 39.4. The zero-order chi connectivity index (χ0) is 34.9. The Kier molecular flexibility index (Phi) is 9.96. The van der Waals surface area contributed by atoms with E-state index in [9.17, 15) is 23.1 Å². The fourth-order valence-electron chi connectivity index (χ4n) is 4.98. The van der Waals surface area contributed by atoms with Crippen molar-refractivity contribution in [2.45, 2.75) is 83.4 Å². The highest BCUT2D eigenvalue weighted by molar-refractivity contribution is 7.92. The first-order chi connectivity index (χ1) is 21.7. The molecule has 0 aliphatic heterocycles. The summed E-state index contributed by atoms with van der Waals surface area (Å²) in [6, 6.07) is 14.7. The van der Waals surface area contributed by atoms with Gasteiger partial charge in [0.2, 0.25) is 9.84 Å². The summed E-state index contributed by atoms with van der Waals surface area (Å²) in [6.45, 7) is 13.9. The maximum absolute atomic E-state index is 14.4. The minimum Gasteiger partial charge on any atom is -0.480 e. The third kappa shape index (κ3) is 7.69. The molecule has 1 aromatic carbocycles. The predicted molar refractivity (Wildman–Crippen MR) is 182 cm³/mol. The minimum atomic E-state index is -4.43. The summed E-state index contributed by atoms with van der Waals surface area (Å²) in [5, 5.41) is 10.9. The summed E-state index contributed by atoms with van der Waals surface area (Å²) in [5.74, 6) is -1.42. The number of nitrogens with two attached hydrogens (primary N) is 1. The van der Waals surface area contributed by atoms with Gasteiger partial charge in [-0.2, -0.15) is 0 Å². The lowest BCUT2D eigenvalue weighted by Crippen LogP contribution is -2.54. The number of carbonyl (C=O) groups excluding carboxylic acids is 1. The van der Waals surface area contributed by atoms with Crippen molar-refractivity contribution in [3.63, 3.8) is 0 Å². The topological polar surface area (TPSA) is 166 Å². The maximum Gasteiger partial charge on any atom is 0.416 e. The molecular weight excluding hydrogens is 639 g/mol. The number of thiazole rings is 1. The Morgan fingerprint density at radius 2 is 1.62 bits per heavy atom. The van der Waals surface area contributed by atoms with Crippen LogP contribution in [0, 0.1) is 19.3 Å². The van der Waals surface area contributed by atoms with Crippen LogP contribution in [0.25, 0.3) is 10.6 Å². The Balaban J connectivity index is 1.88. The van der Waals surface area contributed by atoms with Gasteiger partial charge in [0.25, 0.3) is 0 Å². The van der Waals surface area contributed by atoms with Crippen LogP contribution in [0.5, 0.6) is 0 Å². The highest BCUT2D eigenvalue weighted by atomic mass is 32.2. The van der Waals surface area contributed by atoms with Crippen LogP contribution in [0.1, 0.15) is 63.4 Å². The highest BCUT2D eigenvalue weighted by Gasteiger charge is 2.47. The third-order valence-electron chi connectivity index (χ3n) is 7.41. The van der Waals surface area contributed by atoms with Crippen molar-refractivity contribution in [1.82, 2.24) is 15.0 Å². The number of pyridine rings is 2. The number of sulfone groups is 1. The Labute approximate surface area is 279 Å². The normalized spacial score (nSPS) is 14.2. The molecule has 3 N–H and O–H groups in total. The van der Waals surface area contributed by atoms with Gasteiger partial charge in [-0.25, -0.2) is 37.9 Å². The lowest BCUT2D eigenvalue weighted by molar-refractivity contribution is -0.141. The Hall–Kier alpha value is -4.20. The lowest BCUT2D eigenvalue weighted by atomic mass is 9.85. The molecule has 47 heavy (non-hydrogen) atoms. The van der Waals surface area contributed by atoms with E-state index in [1.165, 1.54) is 30.5 Å². The number of carboxylic acids is 1. The number of ether oxygens (including phenoxy) is 1. The number of aromatic nitrogens is 3. The number of aryl methyl sites for hydroxylation is 2. The summed E-state index contributed by atoms with van der Waals surface area (Å²) in [7, 11) is -4.43. The predicted octanol–water partition coefficient (Wildman–Crippen LogP) is 6.29. The van der Waals surface area contributed by atoms with Crippen LogP contribution >= 0.6 is 11.3 Å². The molecule has 0 fully saturated rings. The molecule has 2 unspecified atom stereocenters. The molecule has 1 amide bonds. The smallest absolute Gasteiger partial charge is 0.416 e. The largest absolute Gasteiger partial charge is 0.480 e. The third-order valence-corrected chi connectivity index (χ3v) is 10.6. The summed E-state index contributed by atoms with van der Waals surface area (Å²) in [6.07, 6.45) is 0.185. The van der Waals surface area contributed by atoms with E-state index in [4.69, 9.17) is 10.5 Å². The van der Waals surface area contributed by atoms with Gasteiger partial charge in [0.15, 0.2) is 9.90 Å². The quantitative estimate of drug-likeness (QED) is 0.205. The van der Waals surface area contributed by atoms with Gasteiger partial charge in [-0.05, 0) is 69.9 Å². The van der Waals surface area contributed by atoms with Crippen LogP contribution in [0.2, 0.25) is 0 Å². The molecule has 4 rings (SSSR count). The first-order valence-electron chi connectivity index (χ1n) is 14.9. The summed E-state index contributed by atoms with van der Waals surface area (Å²) < 4.78 is 34.3. The van der Waals surface area contributed by atoms with Crippen LogP contribution in [0.4, 0.5) is 10.6 Å². The monoisotopic (exact) mass is 679 g/mol. The number of benzene rings is 1. The molecule has 3 heterocycles. The van der Waals surface area contributed by atoms with Crippen molar-refractivity contribution in [3.05, 3.63) is 88.7 Å². The zero-order valence-corrected chi connectivity index (χ0v) is 29.4.